The third kappa shape index (κ3) is 4.48. The van der Waals surface area contributed by atoms with Gasteiger partial charge in [-0.3, -0.25) is 19.8 Å². The van der Waals surface area contributed by atoms with Crippen molar-refractivity contribution < 1.29 is 46.5 Å². The van der Waals surface area contributed by atoms with Crippen molar-refractivity contribution in [3.05, 3.63) is 47.5 Å². The Morgan fingerprint density at radius 2 is 1.63 bits per heavy atom. The second-order valence-electron chi connectivity index (χ2n) is 7.25. The van der Waals surface area contributed by atoms with E-state index in [2.05, 4.69) is 0 Å². The van der Waals surface area contributed by atoms with Crippen LogP contribution in [0.5, 0.6) is 23.0 Å². The van der Waals surface area contributed by atoms with Crippen LogP contribution in [0.3, 0.4) is 0 Å². The Balaban J connectivity index is 1.96. The molecule has 0 radical (unpaired) electrons. The van der Waals surface area contributed by atoms with Crippen LogP contribution in [0.25, 0.3) is 0 Å². The molecule has 2 aromatic rings. The molecular formula is C22H22F3N3O7. The molecule has 1 saturated heterocycles. The summed E-state index contributed by atoms with van der Waals surface area (Å²) in [6.07, 6.45) is -5.38. The smallest absolute Gasteiger partial charge is 0.440 e. The van der Waals surface area contributed by atoms with Crippen LogP contribution in [0, 0.1) is 0 Å². The molecule has 13 heteroatoms. The highest BCUT2D eigenvalue weighted by Crippen LogP contribution is 2.37. The first-order chi connectivity index (χ1) is 16.5. The van der Waals surface area contributed by atoms with Crippen molar-refractivity contribution in [1.29, 1.82) is 0 Å². The number of methoxy groups -OCH3 is 4. The van der Waals surface area contributed by atoms with E-state index in [-0.39, 0.29) is 34.1 Å². The summed E-state index contributed by atoms with van der Waals surface area (Å²) in [5.74, 6) is -2.30. The normalized spacial score (nSPS) is 17.6. The lowest BCUT2D eigenvalue weighted by Crippen LogP contribution is -2.69. The molecule has 188 valence electrons. The predicted molar refractivity (Wildman–Crippen MR) is 114 cm³/mol. The van der Waals surface area contributed by atoms with Gasteiger partial charge < -0.3 is 24.3 Å². The Morgan fingerprint density at radius 3 is 2.20 bits per heavy atom. The third-order valence-electron chi connectivity index (χ3n) is 5.29. The Labute approximate surface area is 197 Å². The number of urea groups is 1. The Morgan fingerprint density at radius 1 is 0.971 bits per heavy atom. The van der Waals surface area contributed by atoms with Gasteiger partial charge in [0.1, 0.15) is 0 Å². The van der Waals surface area contributed by atoms with E-state index in [4.69, 9.17) is 18.9 Å². The van der Waals surface area contributed by atoms with Crippen LogP contribution < -0.4 is 29.6 Å². The largest absolute Gasteiger partial charge is 0.493 e. The average Bonchev–Trinajstić information content (AvgIpc) is 3.08. The zero-order valence-corrected chi connectivity index (χ0v) is 19.1. The number of rotatable bonds is 8. The minimum Gasteiger partial charge on any atom is -0.493 e. The highest BCUT2D eigenvalue weighted by molar-refractivity contribution is 6.10. The van der Waals surface area contributed by atoms with Crippen LogP contribution in [-0.2, 0) is 11.3 Å². The maximum Gasteiger partial charge on any atom is 0.440 e. The molecule has 2 aromatic carbocycles. The summed E-state index contributed by atoms with van der Waals surface area (Å²) < 4.78 is 63.0. The molecule has 4 amide bonds. The number of halogens is 3. The predicted octanol–water partition coefficient (Wildman–Crippen LogP) is 2.46. The van der Waals surface area contributed by atoms with E-state index in [1.165, 1.54) is 58.8 Å². The van der Waals surface area contributed by atoms with Crippen molar-refractivity contribution in [2.24, 2.45) is 0 Å². The summed E-state index contributed by atoms with van der Waals surface area (Å²) >= 11 is 0. The fourth-order valence-corrected chi connectivity index (χ4v) is 3.54. The van der Waals surface area contributed by atoms with Gasteiger partial charge in [-0.25, -0.2) is 4.79 Å². The quantitative estimate of drug-likeness (QED) is 0.539. The number of hydrogen-bond donors (Lipinski definition) is 2. The number of amides is 4. The number of hydrogen-bond acceptors (Lipinski definition) is 7. The van der Waals surface area contributed by atoms with Gasteiger partial charge in [-0.15, -0.1) is 0 Å². The molecular weight excluding hydrogens is 475 g/mol. The van der Waals surface area contributed by atoms with Crippen molar-refractivity contribution in [2.45, 2.75) is 18.4 Å². The Kier molecular flexibility index (Phi) is 6.99. The molecule has 1 atom stereocenters. The third-order valence-corrected chi connectivity index (χ3v) is 5.29. The van der Waals surface area contributed by atoms with Crippen molar-refractivity contribution in [1.82, 2.24) is 15.5 Å². The molecule has 1 heterocycles. The van der Waals surface area contributed by atoms with Crippen molar-refractivity contribution >= 4 is 17.8 Å². The standard InChI is InChI=1S/C22H22F3N3O7/c1-32-14-9-8-12(10-16(14)34-3)18(29)26-21(22(23,24)25)19(30)28(20(31)27-21)11-13-6-5-7-15(33-2)17(13)35-4/h5-10H,11H2,1-4H3,(H,26,29)(H,27,31). The number of carbonyl (C=O) groups is 3. The second-order valence-corrected chi connectivity index (χ2v) is 7.25. The Bertz CT molecular complexity index is 1160. The van der Waals surface area contributed by atoms with Crippen LogP contribution in [-0.4, -0.2) is 63.0 Å². The minimum atomic E-state index is -5.38. The summed E-state index contributed by atoms with van der Waals surface area (Å²) in [4.78, 5) is 38.7. The maximum absolute atomic E-state index is 14.2. The number of nitrogens with one attached hydrogen (secondary N) is 2. The summed E-state index contributed by atoms with van der Waals surface area (Å²) in [5.41, 5.74) is -3.75. The molecule has 2 N–H and O–H groups in total. The fraction of sp³-hybridized carbons (Fsp3) is 0.318. The highest BCUT2D eigenvalue weighted by Gasteiger charge is 2.68. The van der Waals surface area contributed by atoms with Crippen molar-refractivity contribution in [3.8, 4) is 23.0 Å². The van der Waals surface area contributed by atoms with Gasteiger partial charge in [-0.2, -0.15) is 13.2 Å². The monoisotopic (exact) mass is 497 g/mol. The summed E-state index contributed by atoms with van der Waals surface area (Å²) in [6.45, 7) is -0.574. The second kappa shape index (κ2) is 9.60. The summed E-state index contributed by atoms with van der Waals surface area (Å²) in [5, 5.41) is 3.24. The van der Waals surface area contributed by atoms with Gasteiger partial charge in [-0.05, 0) is 24.3 Å². The fourth-order valence-electron chi connectivity index (χ4n) is 3.54. The molecule has 1 aliphatic heterocycles. The average molecular weight is 497 g/mol. The van der Waals surface area contributed by atoms with Gasteiger partial charge in [0.2, 0.25) is 0 Å². The van der Waals surface area contributed by atoms with Crippen molar-refractivity contribution in [2.75, 3.05) is 28.4 Å². The first-order valence-electron chi connectivity index (χ1n) is 9.98. The van der Waals surface area contributed by atoms with Gasteiger partial charge in [-0.1, -0.05) is 12.1 Å². The molecule has 35 heavy (non-hydrogen) atoms. The zero-order valence-electron chi connectivity index (χ0n) is 19.1. The zero-order chi connectivity index (χ0) is 26.0. The molecule has 0 aromatic heterocycles. The number of para-hydroxylation sites is 1. The molecule has 1 aliphatic rings. The molecule has 0 aliphatic carbocycles. The lowest BCUT2D eigenvalue weighted by Gasteiger charge is -2.30. The molecule has 3 rings (SSSR count). The van der Waals surface area contributed by atoms with Gasteiger partial charge in [0.15, 0.2) is 23.0 Å². The first kappa shape index (κ1) is 25.5. The van der Waals surface area contributed by atoms with E-state index in [0.29, 0.717) is 4.90 Å². The molecule has 10 nitrogen and oxygen atoms in total. The van der Waals surface area contributed by atoms with E-state index < -0.39 is 36.2 Å². The SMILES string of the molecule is COc1ccc(C(=O)NC2(C(F)(F)F)NC(=O)N(Cc3cccc(OC)c3OC)C2=O)cc1OC. The number of carbonyl (C=O) groups excluding carboxylic acids is 3. The van der Waals surface area contributed by atoms with Crippen LogP contribution in [0.15, 0.2) is 36.4 Å². The Hall–Kier alpha value is -4.16. The van der Waals surface area contributed by atoms with Gasteiger partial charge in [0.25, 0.3) is 17.5 Å². The van der Waals surface area contributed by atoms with E-state index in [9.17, 15) is 27.6 Å². The molecule has 0 bridgehead atoms. The first-order valence-corrected chi connectivity index (χ1v) is 9.98. The topological polar surface area (TPSA) is 115 Å². The minimum absolute atomic E-state index is 0.0785. The van der Waals surface area contributed by atoms with E-state index in [1.807, 2.05) is 0 Å². The van der Waals surface area contributed by atoms with Crippen molar-refractivity contribution in [3.63, 3.8) is 0 Å². The molecule has 0 spiro atoms. The van der Waals surface area contributed by atoms with E-state index in [1.54, 1.807) is 10.6 Å². The summed E-state index contributed by atoms with van der Waals surface area (Å²) in [7, 11) is 5.28. The number of imide groups is 1. The van der Waals surface area contributed by atoms with Crippen LogP contribution in [0.4, 0.5) is 18.0 Å². The number of ether oxygens (including phenoxy) is 4. The number of alkyl halides is 3. The van der Waals surface area contributed by atoms with Gasteiger partial charge >= 0.3 is 12.2 Å². The highest BCUT2D eigenvalue weighted by atomic mass is 19.4. The molecule has 0 saturated carbocycles. The number of benzene rings is 2. The lowest BCUT2D eigenvalue weighted by atomic mass is 10.1. The van der Waals surface area contributed by atoms with Crippen LogP contribution >= 0.6 is 0 Å². The van der Waals surface area contributed by atoms with Gasteiger partial charge in [0.05, 0.1) is 35.0 Å². The number of nitrogens with zero attached hydrogens (tertiary/aromatic N) is 1. The lowest BCUT2D eigenvalue weighted by molar-refractivity contribution is -0.200. The van der Waals surface area contributed by atoms with E-state index >= 15 is 0 Å². The molecule has 1 fully saturated rings. The van der Waals surface area contributed by atoms with Gasteiger partial charge in [0, 0.05) is 11.1 Å². The summed E-state index contributed by atoms with van der Waals surface area (Å²) in [6, 6.07) is 6.79. The molecule has 1 unspecified atom stereocenters. The maximum atomic E-state index is 14.2. The van der Waals surface area contributed by atoms with Crippen LogP contribution in [0.2, 0.25) is 0 Å². The van der Waals surface area contributed by atoms with Crippen LogP contribution in [0.1, 0.15) is 15.9 Å². The van der Waals surface area contributed by atoms with E-state index in [0.717, 1.165) is 6.07 Å².